The van der Waals surface area contributed by atoms with Crippen LogP contribution < -0.4 is 0 Å². The minimum absolute atomic E-state index is 0.676. The quantitative estimate of drug-likeness (QED) is 0.789. The maximum Gasteiger partial charge on any atom is 0.0721 e. The minimum atomic E-state index is 0.676. The first kappa shape index (κ1) is 13.4. The van der Waals surface area contributed by atoms with Gasteiger partial charge in [0.1, 0.15) is 0 Å². The Hall–Kier alpha value is -1.64. The van der Waals surface area contributed by atoms with Crippen LogP contribution in [0, 0.1) is 0 Å². The number of benzene rings is 2. The van der Waals surface area contributed by atoms with Crippen molar-refractivity contribution in [3.63, 3.8) is 0 Å². The Bertz CT molecular complexity index is 345. The first-order chi connectivity index (χ1) is 8.45. The molecule has 0 spiro atoms. The van der Waals surface area contributed by atoms with E-state index in [1.54, 1.807) is 0 Å². The summed E-state index contributed by atoms with van der Waals surface area (Å²) in [6, 6.07) is 20.4. The molecule has 0 aromatic heterocycles. The third-order valence-corrected chi connectivity index (χ3v) is 2.22. The maximum atomic E-state index is 8.25. The van der Waals surface area contributed by atoms with Gasteiger partial charge in [0.2, 0.25) is 0 Å². The first-order valence-corrected chi connectivity index (χ1v) is 5.51. The van der Waals surface area contributed by atoms with Gasteiger partial charge in [-0.1, -0.05) is 60.7 Å². The topological polar surface area (TPSA) is 29.1 Å². The Labute approximate surface area is 102 Å². The third-order valence-electron chi connectivity index (χ3n) is 2.22. The van der Waals surface area contributed by atoms with E-state index in [-0.39, 0.29) is 0 Å². The second-order valence-electron chi connectivity index (χ2n) is 3.46. The highest BCUT2D eigenvalue weighted by atomic mass is 16.5. The summed E-state index contributed by atoms with van der Waals surface area (Å²) in [5.41, 5.74) is 2.43. The lowest BCUT2D eigenvalue weighted by atomic mass is 10.2. The molecule has 0 aliphatic rings. The van der Waals surface area contributed by atoms with Crippen molar-refractivity contribution in [3.8, 4) is 0 Å². The molecule has 2 aromatic carbocycles. The molecule has 0 heterocycles. The van der Waals surface area contributed by atoms with E-state index in [1.807, 2.05) is 36.4 Å². The fourth-order valence-electron chi connectivity index (χ4n) is 1.44. The highest BCUT2D eigenvalue weighted by Gasteiger charge is 1.93. The van der Waals surface area contributed by atoms with Gasteiger partial charge in [-0.2, -0.15) is 0 Å². The summed E-state index contributed by atoms with van der Waals surface area (Å²) in [5.74, 6) is 0. The molecule has 0 amide bonds. The molecule has 1 radical (unpaired) electrons. The molecule has 2 rings (SSSR count). The molecule has 0 unspecified atom stereocenters. The van der Waals surface area contributed by atoms with Crippen molar-refractivity contribution in [2.24, 2.45) is 0 Å². The van der Waals surface area contributed by atoms with Crippen molar-refractivity contribution in [3.05, 3.63) is 71.8 Å². The lowest BCUT2D eigenvalue weighted by Gasteiger charge is -2.03. The van der Waals surface area contributed by atoms with Crippen LogP contribution in [0.15, 0.2) is 60.7 Å². The molecule has 0 fully saturated rings. The van der Waals surface area contributed by atoms with Crippen molar-refractivity contribution in [1.29, 1.82) is 0 Å². The summed E-state index contributed by atoms with van der Waals surface area (Å²) >= 11 is 0. The smallest absolute Gasteiger partial charge is 0.0721 e. The predicted molar refractivity (Wildman–Crippen MR) is 68.0 cm³/mol. The van der Waals surface area contributed by atoms with Gasteiger partial charge in [-0.15, -0.1) is 0 Å². The van der Waals surface area contributed by atoms with Gasteiger partial charge in [-0.05, 0) is 11.1 Å². The summed E-state index contributed by atoms with van der Waals surface area (Å²) in [7, 11) is 0.750. The van der Waals surface area contributed by atoms with Gasteiger partial charge < -0.3 is 4.74 Å². The minimum Gasteiger partial charge on any atom is -0.372 e. The van der Waals surface area contributed by atoms with Crippen LogP contribution in [0.2, 0.25) is 0 Å². The molecule has 0 N–H and O–H groups in total. The Morgan fingerprint density at radius 2 is 1.06 bits per heavy atom. The average Bonchev–Trinajstić information content (AvgIpc) is 2.43. The maximum absolute atomic E-state index is 8.25. The normalized spacial score (nSPS) is 9.29. The van der Waals surface area contributed by atoms with E-state index >= 15 is 0 Å². The zero-order chi connectivity index (χ0) is 12.3. The molecule has 2 aromatic rings. The van der Waals surface area contributed by atoms with Gasteiger partial charge in [0.15, 0.2) is 0 Å². The third kappa shape index (κ3) is 5.29. The number of ether oxygens (including phenoxy) is 1. The Morgan fingerprint density at radius 1 is 0.706 bits per heavy atom. The summed E-state index contributed by atoms with van der Waals surface area (Å²) in [6.07, 6.45) is 0. The van der Waals surface area contributed by atoms with Crippen LogP contribution in [0.3, 0.4) is 0 Å². The molecule has 0 saturated carbocycles. The molecular weight excluding hydrogens is 212 g/mol. The lowest BCUT2D eigenvalue weighted by molar-refractivity contribution is 0.107. The van der Waals surface area contributed by atoms with Gasteiger partial charge in [-0.3, -0.25) is 0 Å². The van der Waals surface area contributed by atoms with Crippen molar-refractivity contribution in [1.82, 2.24) is 0 Å². The van der Waals surface area contributed by atoms with Gasteiger partial charge in [0.05, 0.1) is 20.3 Å². The summed E-state index contributed by atoms with van der Waals surface area (Å²) in [6.45, 7) is 1.35. The summed E-state index contributed by atoms with van der Waals surface area (Å²) in [5, 5.41) is 8.25. The lowest BCUT2D eigenvalue weighted by Crippen LogP contribution is -1.93. The fraction of sp³-hybridized carbons (Fsp3) is 0.200. The van der Waals surface area contributed by atoms with E-state index in [4.69, 9.17) is 9.84 Å². The Balaban J connectivity index is 0.000000686. The molecule has 0 bridgehead atoms. The SMILES string of the molecule is C[O].c1ccc(COCc2ccccc2)cc1. The van der Waals surface area contributed by atoms with Gasteiger partial charge in [0, 0.05) is 0 Å². The molecular formula is C15H17O2. The molecule has 17 heavy (non-hydrogen) atoms. The predicted octanol–water partition coefficient (Wildman–Crippen LogP) is 3.45. The molecule has 0 atom stereocenters. The largest absolute Gasteiger partial charge is 0.372 e. The van der Waals surface area contributed by atoms with Crippen LogP contribution in [-0.2, 0) is 23.1 Å². The zero-order valence-electron chi connectivity index (χ0n) is 10.0. The standard InChI is InChI=1S/C14H14O.CH3O/c1-3-7-13(8-4-1)11-15-12-14-9-5-2-6-10-14;1-2/h1-10H,11-12H2;1H3. The monoisotopic (exact) mass is 229 g/mol. The van der Waals surface area contributed by atoms with E-state index in [9.17, 15) is 0 Å². The second kappa shape index (κ2) is 8.50. The van der Waals surface area contributed by atoms with Crippen molar-refractivity contribution >= 4 is 0 Å². The second-order valence-corrected chi connectivity index (χ2v) is 3.46. The molecule has 89 valence electrons. The van der Waals surface area contributed by atoms with Crippen molar-refractivity contribution in [2.45, 2.75) is 13.2 Å². The van der Waals surface area contributed by atoms with Crippen LogP contribution in [0.1, 0.15) is 11.1 Å². The van der Waals surface area contributed by atoms with Crippen LogP contribution in [0.5, 0.6) is 0 Å². The zero-order valence-corrected chi connectivity index (χ0v) is 10.0. The van der Waals surface area contributed by atoms with Crippen LogP contribution in [0.4, 0.5) is 0 Å². The first-order valence-electron chi connectivity index (χ1n) is 5.51. The fourth-order valence-corrected chi connectivity index (χ4v) is 1.44. The average molecular weight is 229 g/mol. The van der Waals surface area contributed by atoms with Crippen LogP contribution in [-0.4, -0.2) is 7.11 Å². The van der Waals surface area contributed by atoms with E-state index in [1.165, 1.54) is 11.1 Å². The highest BCUT2D eigenvalue weighted by molar-refractivity contribution is 5.15. The van der Waals surface area contributed by atoms with E-state index in [0.717, 1.165) is 7.11 Å². The summed E-state index contributed by atoms with van der Waals surface area (Å²) < 4.78 is 5.61. The molecule has 0 aliphatic heterocycles. The van der Waals surface area contributed by atoms with Crippen molar-refractivity contribution < 1.29 is 9.84 Å². The molecule has 2 nitrogen and oxygen atoms in total. The number of hydrogen-bond acceptors (Lipinski definition) is 1. The van der Waals surface area contributed by atoms with Gasteiger partial charge in [0.25, 0.3) is 0 Å². The summed E-state index contributed by atoms with van der Waals surface area (Å²) in [4.78, 5) is 0. The molecule has 2 heteroatoms. The number of rotatable bonds is 4. The van der Waals surface area contributed by atoms with Gasteiger partial charge >= 0.3 is 0 Å². The van der Waals surface area contributed by atoms with Crippen LogP contribution >= 0.6 is 0 Å². The molecule has 0 aliphatic carbocycles. The highest BCUT2D eigenvalue weighted by Crippen LogP contribution is 2.05. The number of hydrogen-bond donors (Lipinski definition) is 0. The van der Waals surface area contributed by atoms with Crippen molar-refractivity contribution in [2.75, 3.05) is 7.11 Å². The van der Waals surface area contributed by atoms with Gasteiger partial charge in [-0.25, -0.2) is 5.11 Å². The van der Waals surface area contributed by atoms with E-state index < -0.39 is 0 Å². The molecule has 0 saturated heterocycles. The van der Waals surface area contributed by atoms with E-state index in [2.05, 4.69) is 24.3 Å². The van der Waals surface area contributed by atoms with E-state index in [0.29, 0.717) is 13.2 Å². The Kier molecular flexibility index (Phi) is 6.72. The van der Waals surface area contributed by atoms with Crippen LogP contribution in [0.25, 0.3) is 0 Å². The Morgan fingerprint density at radius 3 is 1.41 bits per heavy atom.